The molecule has 1 aromatic heterocycles. The number of likely N-dealkylation sites (tertiary alicyclic amines) is 1. The second kappa shape index (κ2) is 12.9. The van der Waals surface area contributed by atoms with Crippen LogP contribution in [0.1, 0.15) is 58.6 Å². The number of amides is 3. The maximum atomic E-state index is 13.2. The number of hydrogen-bond acceptors (Lipinski definition) is 5. The molecule has 0 radical (unpaired) electrons. The highest BCUT2D eigenvalue weighted by Crippen LogP contribution is 2.30. The number of carbonyl (C=O) groups is 2. The minimum atomic E-state index is -0.154. The molecule has 1 aliphatic rings. The van der Waals surface area contributed by atoms with Crippen molar-refractivity contribution in [1.82, 2.24) is 20.5 Å². The van der Waals surface area contributed by atoms with Gasteiger partial charge in [-0.25, -0.2) is 4.79 Å². The van der Waals surface area contributed by atoms with Gasteiger partial charge in [-0.05, 0) is 62.6 Å². The lowest BCUT2D eigenvalue weighted by Crippen LogP contribution is -2.44. The third kappa shape index (κ3) is 6.82. The van der Waals surface area contributed by atoms with E-state index in [1.807, 2.05) is 79.4 Å². The normalized spacial score (nSPS) is 13.6. The molecule has 0 spiro atoms. The van der Waals surface area contributed by atoms with E-state index in [0.29, 0.717) is 38.3 Å². The third-order valence-corrected chi connectivity index (χ3v) is 6.79. The number of nitrogens with zero attached hydrogens (tertiary/aromatic N) is 2. The fourth-order valence-corrected chi connectivity index (χ4v) is 4.69. The molecule has 8 heteroatoms. The number of pyridine rings is 1. The molecule has 1 aliphatic heterocycles. The zero-order valence-electron chi connectivity index (χ0n) is 22.3. The van der Waals surface area contributed by atoms with Gasteiger partial charge in [-0.1, -0.05) is 30.3 Å². The fraction of sp³-hybridized carbons (Fsp3) is 0.367. The first-order valence-corrected chi connectivity index (χ1v) is 13.1. The van der Waals surface area contributed by atoms with Crippen molar-refractivity contribution in [2.24, 2.45) is 0 Å². The van der Waals surface area contributed by atoms with Crippen LogP contribution < -0.4 is 20.1 Å². The van der Waals surface area contributed by atoms with Crippen molar-refractivity contribution in [3.63, 3.8) is 0 Å². The van der Waals surface area contributed by atoms with E-state index >= 15 is 0 Å². The molecule has 0 bridgehead atoms. The fourth-order valence-electron chi connectivity index (χ4n) is 4.69. The number of piperidine rings is 1. The number of aryl methyl sites for hydroxylation is 1. The summed E-state index contributed by atoms with van der Waals surface area (Å²) in [6.45, 7) is 6.49. The molecule has 2 heterocycles. The van der Waals surface area contributed by atoms with E-state index in [0.717, 1.165) is 46.9 Å². The van der Waals surface area contributed by atoms with Crippen LogP contribution in [-0.2, 0) is 13.1 Å². The van der Waals surface area contributed by atoms with E-state index in [-0.39, 0.29) is 17.9 Å². The molecule has 4 rings (SSSR count). The Morgan fingerprint density at radius 2 is 1.71 bits per heavy atom. The molecule has 2 aromatic carbocycles. The number of nitrogens with one attached hydrogen (secondary N) is 2. The summed E-state index contributed by atoms with van der Waals surface area (Å²) in [6, 6.07) is 19.0. The molecule has 0 atom stereocenters. The van der Waals surface area contributed by atoms with Gasteiger partial charge in [0.15, 0.2) is 0 Å². The van der Waals surface area contributed by atoms with Crippen LogP contribution in [0.2, 0.25) is 0 Å². The van der Waals surface area contributed by atoms with Gasteiger partial charge in [0.05, 0.1) is 25.0 Å². The number of para-hydroxylation sites is 1. The second-order valence-electron chi connectivity index (χ2n) is 9.38. The molecular formula is C30H36N4O4. The first-order chi connectivity index (χ1) is 18.5. The number of ether oxygens (including phenoxy) is 2. The summed E-state index contributed by atoms with van der Waals surface area (Å²) in [5, 5.41) is 6.04. The third-order valence-electron chi connectivity index (χ3n) is 6.79. The SMILES string of the molecule is CCOc1ccccc1CNC(=O)c1ccc(C)nc1C1CCN(C(=O)NCc2ccc(OC)cc2)CC1. The maximum Gasteiger partial charge on any atom is 0.317 e. The predicted molar refractivity (Wildman–Crippen MR) is 147 cm³/mol. The topological polar surface area (TPSA) is 92.8 Å². The minimum absolute atomic E-state index is 0.0811. The van der Waals surface area contributed by atoms with Crippen molar-refractivity contribution in [3.8, 4) is 11.5 Å². The number of aromatic nitrogens is 1. The van der Waals surface area contributed by atoms with Crippen molar-refractivity contribution < 1.29 is 19.1 Å². The van der Waals surface area contributed by atoms with Crippen molar-refractivity contribution in [2.45, 2.75) is 45.7 Å². The molecule has 3 aromatic rings. The van der Waals surface area contributed by atoms with Crippen molar-refractivity contribution in [3.05, 3.63) is 88.7 Å². The smallest absolute Gasteiger partial charge is 0.317 e. The van der Waals surface area contributed by atoms with Crippen molar-refractivity contribution >= 4 is 11.9 Å². The van der Waals surface area contributed by atoms with Crippen molar-refractivity contribution in [2.75, 3.05) is 26.8 Å². The predicted octanol–water partition coefficient (Wildman–Crippen LogP) is 4.82. The summed E-state index contributed by atoms with van der Waals surface area (Å²) in [6.07, 6.45) is 1.50. The van der Waals surface area contributed by atoms with Gasteiger partial charge in [0.2, 0.25) is 0 Å². The van der Waals surface area contributed by atoms with Crippen LogP contribution in [0.4, 0.5) is 4.79 Å². The first kappa shape index (κ1) is 27.0. The van der Waals surface area contributed by atoms with Crippen LogP contribution in [0.5, 0.6) is 11.5 Å². The Morgan fingerprint density at radius 1 is 0.974 bits per heavy atom. The zero-order chi connectivity index (χ0) is 26.9. The van der Waals surface area contributed by atoms with Gasteiger partial charge in [0, 0.05) is 43.4 Å². The highest BCUT2D eigenvalue weighted by Gasteiger charge is 2.28. The van der Waals surface area contributed by atoms with Crippen LogP contribution in [-0.4, -0.2) is 48.6 Å². The molecular weight excluding hydrogens is 480 g/mol. The van der Waals surface area contributed by atoms with E-state index in [4.69, 9.17) is 14.5 Å². The number of rotatable bonds is 9. The molecule has 1 saturated heterocycles. The summed E-state index contributed by atoms with van der Waals surface area (Å²) < 4.78 is 10.9. The van der Waals surface area contributed by atoms with E-state index in [2.05, 4.69) is 10.6 Å². The number of carbonyl (C=O) groups excluding carboxylic acids is 2. The van der Waals surface area contributed by atoms with Crippen LogP contribution in [0.15, 0.2) is 60.7 Å². The summed E-state index contributed by atoms with van der Waals surface area (Å²) in [5.74, 6) is 1.51. The van der Waals surface area contributed by atoms with E-state index < -0.39 is 0 Å². The summed E-state index contributed by atoms with van der Waals surface area (Å²) in [7, 11) is 1.63. The summed E-state index contributed by atoms with van der Waals surface area (Å²) in [4.78, 5) is 32.6. The van der Waals surface area contributed by atoms with Gasteiger partial charge in [0.25, 0.3) is 5.91 Å². The van der Waals surface area contributed by atoms with Crippen LogP contribution in [0.25, 0.3) is 0 Å². The van der Waals surface area contributed by atoms with Crippen LogP contribution >= 0.6 is 0 Å². The Bertz CT molecular complexity index is 1240. The molecule has 200 valence electrons. The minimum Gasteiger partial charge on any atom is -0.497 e. The lowest BCUT2D eigenvalue weighted by atomic mass is 9.90. The Morgan fingerprint density at radius 3 is 2.42 bits per heavy atom. The Kier molecular flexibility index (Phi) is 9.19. The Hall–Kier alpha value is -4.07. The molecule has 3 amide bonds. The molecule has 8 nitrogen and oxygen atoms in total. The van der Waals surface area contributed by atoms with Crippen LogP contribution in [0, 0.1) is 6.92 Å². The van der Waals surface area contributed by atoms with Crippen LogP contribution in [0.3, 0.4) is 0 Å². The monoisotopic (exact) mass is 516 g/mol. The van der Waals surface area contributed by atoms with Gasteiger partial charge >= 0.3 is 6.03 Å². The van der Waals surface area contributed by atoms with Gasteiger partial charge in [-0.15, -0.1) is 0 Å². The standard InChI is InChI=1S/C30H36N4O4/c1-4-38-27-8-6-5-7-24(27)20-31-29(35)26-14-9-21(2)33-28(26)23-15-17-34(18-16-23)30(36)32-19-22-10-12-25(37-3)13-11-22/h5-14,23H,4,15-20H2,1-3H3,(H,31,35)(H,32,36). The largest absolute Gasteiger partial charge is 0.497 e. The molecule has 0 saturated carbocycles. The van der Waals surface area contributed by atoms with Gasteiger partial charge in [0.1, 0.15) is 11.5 Å². The summed E-state index contributed by atoms with van der Waals surface area (Å²) in [5.41, 5.74) is 4.21. The highest BCUT2D eigenvalue weighted by atomic mass is 16.5. The lowest BCUT2D eigenvalue weighted by molar-refractivity contribution is 0.0947. The zero-order valence-corrected chi connectivity index (χ0v) is 22.3. The van der Waals surface area contributed by atoms with Crippen molar-refractivity contribution in [1.29, 1.82) is 0 Å². The summed E-state index contributed by atoms with van der Waals surface area (Å²) >= 11 is 0. The molecule has 2 N–H and O–H groups in total. The second-order valence-corrected chi connectivity index (χ2v) is 9.38. The molecule has 38 heavy (non-hydrogen) atoms. The number of methoxy groups -OCH3 is 1. The van der Waals surface area contributed by atoms with E-state index in [1.165, 1.54) is 0 Å². The number of hydrogen-bond donors (Lipinski definition) is 2. The van der Waals surface area contributed by atoms with Gasteiger partial charge in [-0.2, -0.15) is 0 Å². The number of urea groups is 1. The molecule has 0 unspecified atom stereocenters. The average Bonchev–Trinajstić information content (AvgIpc) is 2.95. The Balaban J connectivity index is 1.35. The molecule has 1 fully saturated rings. The Labute approximate surface area is 224 Å². The quantitative estimate of drug-likeness (QED) is 0.426. The van der Waals surface area contributed by atoms with E-state index in [9.17, 15) is 9.59 Å². The maximum absolute atomic E-state index is 13.2. The van der Waals surface area contributed by atoms with Gasteiger partial charge in [-0.3, -0.25) is 9.78 Å². The molecule has 0 aliphatic carbocycles. The lowest BCUT2D eigenvalue weighted by Gasteiger charge is -2.32. The van der Waals surface area contributed by atoms with Gasteiger partial charge < -0.3 is 25.0 Å². The highest BCUT2D eigenvalue weighted by molar-refractivity contribution is 5.95. The average molecular weight is 517 g/mol. The number of benzene rings is 2. The first-order valence-electron chi connectivity index (χ1n) is 13.1. The van der Waals surface area contributed by atoms with E-state index in [1.54, 1.807) is 7.11 Å².